The van der Waals surface area contributed by atoms with Crippen molar-refractivity contribution in [3.05, 3.63) is 86.4 Å². The molecule has 4 N–H and O–H groups in total. The lowest BCUT2D eigenvalue weighted by Crippen LogP contribution is -2.25. The Morgan fingerprint density at radius 2 is 1.18 bits per heavy atom. The first kappa shape index (κ1) is 39.4. The summed E-state index contributed by atoms with van der Waals surface area (Å²) >= 11 is 17.6. The molecule has 3 rings (SSSR count). The number of amides is 2. The molecule has 0 saturated heterocycles. The first-order valence-corrected chi connectivity index (χ1v) is 14.8. The molecule has 2 amide bonds. The summed E-state index contributed by atoms with van der Waals surface area (Å²) in [5.41, 5.74) is 9.72. The molecule has 10 nitrogen and oxygen atoms in total. The third-order valence-electron chi connectivity index (χ3n) is 6.19. The average Bonchev–Trinajstić information content (AvgIpc) is 3.01. The Morgan fingerprint density at radius 3 is 1.60 bits per heavy atom. The van der Waals surface area contributed by atoms with Crippen LogP contribution in [0, 0.1) is 20.8 Å². The van der Waals surface area contributed by atoms with Crippen molar-refractivity contribution in [2.24, 2.45) is 0 Å². The van der Waals surface area contributed by atoms with E-state index in [0.717, 1.165) is 21.8 Å². The second-order valence-corrected chi connectivity index (χ2v) is 10.5. The van der Waals surface area contributed by atoms with Crippen LogP contribution in [-0.4, -0.2) is 50.7 Å². The Kier molecular flexibility index (Phi) is 17.8. The molecule has 0 heterocycles. The van der Waals surface area contributed by atoms with Crippen molar-refractivity contribution in [2.75, 3.05) is 37.2 Å². The number of nitrogens with one attached hydrogen (secondary N) is 2. The van der Waals surface area contributed by atoms with Crippen molar-refractivity contribution in [1.82, 2.24) is 0 Å². The van der Waals surface area contributed by atoms with Gasteiger partial charge in [0.05, 0.1) is 6.61 Å². The van der Waals surface area contributed by atoms with Gasteiger partial charge in [-0.3, -0.25) is 14.4 Å². The summed E-state index contributed by atoms with van der Waals surface area (Å²) in [5.74, 6) is -2.89. The molecule has 0 aliphatic heterocycles. The molecule has 45 heavy (non-hydrogen) atoms. The van der Waals surface area contributed by atoms with E-state index in [1.807, 2.05) is 25.1 Å². The molecule has 0 radical (unpaired) electrons. The molecule has 0 unspecified atom stereocenters. The summed E-state index contributed by atoms with van der Waals surface area (Å²) < 4.78 is 14.5. The Balaban J connectivity index is 0.000000360. The Hall–Kier alpha value is -3.67. The highest BCUT2D eigenvalue weighted by molar-refractivity contribution is 6.41. The summed E-state index contributed by atoms with van der Waals surface area (Å²) in [6.07, 6.45) is -0.106. The third-order valence-corrected chi connectivity index (χ3v) is 7.42. The summed E-state index contributed by atoms with van der Waals surface area (Å²) in [7, 11) is 2.96. The normalized spacial score (nSPS) is 10.1. The first-order valence-electron chi connectivity index (χ1n) is 13.7. The number of esters is 1. The van der Waals surface area contributed by atoms with Crippen LogP contribution in [0.5, 0.6) is 0 Å². The highest BCUT2D eigenvalue weighted by Gasteiger charge is 2.18. The maximum atomic E-state index is 11.8. The SMILES string of the molecule is CCOC(=O)C(=O)Nc1cccc(Cl)c1C.COC(CCC(=O)C(=O)Nc1cccc(Cl)c1C)OC.Cc1c(N)cccc1Cl. The van der Waals surface area contributed by atoms with Crippen LogP contribution in [0.25, 0.3) is 0 Å². The van der Waals surface area contributed by atoms with Crippen LogP contribution < -0.4 is 16.4 Å². The van der Waals surface area contributed by atoms with Gasteiger partial charge in [-0.15, -0.1) is 0 Å². The topological polar surface area (TPSA) is 146 Å². The minimum Gasteiger partial charge on any atom is -0.459 e. The number of hydrogen-bond acceptors (Lipinski definition) is 8. The number of nitrogens with two attached hydrogens (primary N) is 1. The van der Waals surface area contributed by atoms with E-state index in [1.165, 1.54) is 14.2 Å². The van der Waals surface area contributed by atoms with E-state index in [4.69, 9.17) is 50.0 Å². The Labute approximate surface area is 278 Å². The van der Waals surface area contributed by atoms with Crippen LogP contribution in [0.2, 0.25) is 15.1 Å². The van der Waals surface area contributed by atoms with E-state index < -0.39 is 29.9 Å². The molecule has 0 aliphatic carbocycles. The molecular formula is C32H38Cl3N3O7. The number of rotatable bonds is 9. The van der Waals surface area contributed by atoms with Gasteiger partial charge < -0.3 is 30.6 Å². The highest BCUT2D eigenvalue weighted by atomic mass is 35.5. The number of hydrogen-bond donors (Lipinski definition) is 3. The van der Waals surface area contributed by atoms with Gasteiger partial charge in [0.25, 0.3) is 5.91 Å². The molecular weight excluding hydrogens is 645 g/mol. The van der Waals surface area contributed by atoms with Crippen molar-refractivity contribution < 1.29 is 33.4 Å². The second kappa shape index (κ2) is 20.4. The highest BCUT2D eigenvalue weighted by Crippen LogP contribution is 2.24. The van der Waals surface area contributed by atoms with Gasteiger partial charge in [0.1, 0.15) is 0 Å². The lowest BCUT2D eigenvalue weighted by atomic mass is 10.1. The largest absolute Gasteiger partial charge is 0.459 e. The van der Waals surface area contributed by atoms with Crippen LogP contribution >= 0.6 is 34.8 Å². The number of benzene rings is 3. The molecule has 244 valence electrons. The molecule has 0 aliphatic rings. The average molecular weight is 683 g/mol. The summed E-state index contributed by atoms with van der Waals surface area (Å²) in [4.78, 5) is 45.9. The molecule has 13 heteroatoms. The van der Waals surface area contributed by atoms with Crippen LogP contribution in [-0.2, 0) is 33.4 Å². The third kappa shape index (κ3) is 13.5. The molecule has 0 saturated carbocycles. The number of nitrogen functional groups attached to an aromatic ring is 1. The minimum absolute atomic E-state index is 0.0534. The van der Waals surface area contributed by atoms with Crippen LogP contribution in [0.15, 0.2) is 54.6 Å². The van der Waals surface area contributed by atoms with E-state index in [1.54, 1.807) is 57.2 Å². The molecule has 3 aromatic rings. The van der Waals surface area contributed by atoms with E-state index in [9.17, 15) is 19.2 Å². The van der Waals surface area contributed by atoms with E-state index in [2.05, 4.69) is 15.4 Å². The van der Waals surface area contributed by atoms with E-state index >= 15 is 0 Å². The quantitative estimate of drug-likeness (QED) is 0.0953. The van der Waals surface area contributed by atoms with E-state index in [-0.39, 0.29) is 13.0 Å². The van der Waals surface area contributed by atoms with Crippen molar-refractivity contribution >= 4 is 75.4 Å². The van der Waals surface area contributed by atoms with Crippen LogP contribution in [0.4, 0.5) is 17.1 Å². The van der Waals surface area contributed by atoms with Crippen molar-refractivity contribution in [2.45, 2.75) is 46.8 Å². The molecule has 0 fully saturated rings. The number of ether oxygens (including phenoxy) is 3. The van der Waals surface area contributed by atoms with Gasteiger partial charge in [0, 0.05) is 59.2 Å². The summed E-state index contributed by atoms with van der Waals surface area (Å²) in [6, 6.07) is 15.7. The Morgan fingerprint density at radius 1 is 0.733 bits per heavy atom. The first-order chi connectivity index (χ1) is 21.3. The number of halogens is 3. The fourth-order valence-electron chi connectivity index (χ4n) is 3.37. The van der Waals surface area contributed by atoms with Gasteiger partial charge in [-0.25, -0.2) is 4.79 Å². The zero-order valence-electron chi connectivity index (χ0n) is 26.0. The number of methoxy groups -OCH3 is 2. The summed E-state index contributed by atoms with van der Waals surface area (Å²) in [5, 5.41) is 6.79. The van der Waals surface area contributed by atoms with Gasteiger partial charge in [-0.2, -0.15) is 0 Å². The molecule has 0 spiro atoms. The van der Waals surface area contributed by atoms with Gasteiger partial charge >= 0.3 is 11.9 Å². The van der Waals surface area contributed by atoms with Crippen molar-refractivity contribution in [1.29, 1.82) is 0 Å². The fourth-order valence-corrected chi connectivity index (χ4v) is 3.90. The lowest BCUT2D eigenvalue weighted by Gasteiger charge is -2.12. The van der Waals surface area contributed by atoms with E-state index in [0.29, 0.717) is 33.4 Å². The fraction of sp³-hybridized carbons (Fsp3) is 0.312. The van der Waals surface area contributed by atoms with Crippen molar-refractivity contribution in [3.8, 4) is 0 Å². The predicted octanol–water partition coefficient (Wildman–Crippen LogP) is 6.94. The number of ketones is 1. The van der Waals surface area contributed by atoms with Crippen molar-refractivity contribution in [3.63, 3.8) is 0 Å². The Bertz CT molecular complexity index is 1440. The number of carbonyl (C=O) groups is 4. The number of anilines is 3. The molecule has 3 aromatic carbocycles. The molecule has 0 atom stereocenters. The van der Waals surface area contributed by atoms with Gasteiger partial charge in [0.15, 0.2) is 6.29 Å². The monoisotopic (exact) mass is 681 g/mol. The van der Waals surface area contributed by atoms with Gasteiger partial charge in [0.2, 0.25) is 5.78 Å². The zero-order chi connectivity index (χ0) is 34.1. The smallest absolute Gasteiger partial charge is 0.397 e. The maximum absolute atomic E-state index is 11.8. The maximum Gasteiger partial charge on any atom is 0.397 e. The summed E-state index contributed by atoms with van der Waals surface area (Å²) in [6.45, 7) is 7.23. The minimum atomic E-state index is -0.901. The molecule has 0 bridgehead atoms. The molecule has 0 aromatic heterocycles. The zero-order valence-corrected chi connectivity index (χ0v) is 28.2. The van der Waals surface area contributed by atoms with Gasteiger partial charge in [-0.05, 0) is 80.8 Å². The van der Waals surface area contributed by atoms with Gasteiger partial charge in [-0.1, -0.05) is 53.0 Å². The lowest BCUT2D eigenvalue weighted by molar-refractivity contribution is -0.152. The second-order valence-electron chi connectivity index (χ2n) is 9.27. The van der Waals surface area contributed by atoms with Crippen LogP contribution in [0.3, 0.4) is 0 Å². The predicted molar refractivity (Wildman–Crippen MR) is 179 cm³/mol. The standard InChI is InChI=1S/C14H18ClNO4.C11H12ClNO3.C7H8ClN/c1-9-10(15)5-4-6-11(9)16-14(18)12(17)7-8-13(19-2)20-3;1-3-16-11(15)10(14)13-9-6-4-5-8(12)7(9)2;1-5-6(8)3-2-4-7(5)9/h4-6,13H,7-8H2,1-3H3,(H,16,18);4-6H,3H2,1-2H3,(H,13,14);2-4H,9H2,1H3. The number of carbonyl (C=O) groups excluding carboxylic acids is 4. The number of Topliss-reactive ketones (excluding diaryl/α,β-unsaturated/α-hetero) is 1. The van der Waals surface area contributed by atoms with Crippen LogP contribution in [0.1, 0.15) is 36.5 Å².